The summed E-state index contributed by atoms with van der Waals surface area (Å²) in [7, 11) is 0. The fraction of sp³-hybridized carbons (Fsp3) is 0. The summed E-state index contributed by atoms with van der Waals surface area (Å²) in [6, 6.07) is 3.39. The van der Waals surface area contributed by atoms with E-state index in [1.807, 2.05) is 0 Å². The molecule has 2 aromatic heterocycles. The molecule has 0 aromatic carbocycles. The number of nitrogens with zero attached hydrogens (tertiary/aromatic N) is 4. The van der Waals surface area contributed by atoms with Gasteiger partial charge in [0.15, 0.2) is 0 Å². The summed E-state index contributed by atoms with van der Waals surface area (Å²) in [4.78, 5) is 15.5. The number of pyridine rings is 1. The van der Waals surface area contributed by atoms with E-state index in [0.717, 1.165) is 0 Å². The van der Waals surface area contributed by atoms with E-state index in [4.69, 9.17) is 0 Å². The topological polar surface area (TPSA) is 96.5 Å². The van der Waals surface area contributed by atoms with Gasteiger partial charge in [-0.15, -0.1) is 0 Å². The lowest BCUT2D eigenvalue weighted by Crippen LogP contribution is -2.14. The lowest BCUT2D eigenvalue weighted by molar-refractivity contribution is -0.111. The van der Waals surface area contributed by atoms with Crippen LogP contribution in [0.2, 0.25) is 0 Å². The molecule has 0 saturated carbocycles. The van der Waals surface area contributed by atoms with Crippen molar-refractivity contribution in [2.45, 2.75) is 0 Å². The number of aromatic amines is 1. The normalized spacial score (nSPS) is 9.75. The highest BCUT2D eigenvalue weighted by Crippen LogP contribution is 2.11. The molecule has 0 bridgehead atoms. The first kappa shape index (κ1) is 9.97. The molecule has 2 N–H and O–H groups in total. The molecule has 0 fully saturated rings. The van der Waals surface area contributed by atoms with Crippen molar-refractivity contribution in [3.8, 4) is 0 Å². The smallest absolute Gasteiger partial charge is 0.258 e. The van der Waals surface area contributed by atoms with Crippen molar-refractivity contribution in [3.05, 3.63) is 36.7 Å². The summed E-state index contributed by atoms with van der Waals surface area (Å²) < 4.78 is 0. The standard InChI is InChI=1S/C9H8N6O/c1-6(7-2-4-10-5-3-7)8(16)11-9-12-14-15-13-9/h2-5H,1H2,(H2,11,12,13,14,15,16). The Balaban J connectivity index is 2.09. The molecule has 2 rings (SSSR count). The Morgan fingerprint density at radius 2 is 2.12 bits per heavy atom. The first-order valence-corrected chi connectivity index (χ1v) is 4.42. The Morgan fingerprint density at radius 1 is 1.38 bits per heavy atom. The number of anilines is 1. The highest BCUT2D eigenvalue weighted by atomic mass is 16.1. The van der Waals surface area contributed by atoms with Crippen molar-refractivity contribution < 1.29 is 4.79 Å². The van der Waals surface area contributed by atoms with E-state index < -0.39 is 0 Å². The van der Waals surface area contributed by atoms with Gasteiger partial charge in [0, 0.05) is 18.0 Å². The van der Waals surface area contributed by atoms with Gasteiger partial charge in [0.2, 0.25) is 5.95 Å². The average molecular weight is 216 g/mol. The molecule has 80 valence electrons. The third-order valence-corrected chi connectivity index (χ3v) is 1.88. The predicted molar refractivity (Wildman–Crippen MR) is 56.1 cm³/mol. The van der Waals surface area contributed by atoms with Gasteiger partial charge in [-0.2, -0.15) is 0 Å². The van der Waals surface area contributed by atoms with E-state index in [1.165, 1.54) is 0 Å². The molecule has 7 nitrogen and oxygen atoms in total. The Hall–Kier alpha value is -2.57. The van der Waals surface area contributed by atoms with Crippen molar-refractivity contribution in [1.82, 2.24) is 25.6 Å². The zero-order valence-corrected chi connectivity index (χ0v) is 8.21. The molecular weight excluding hydrogens is 208 g/mol. The number of nitrogens with one attached hydrogen (secondary N) is 2. The van der Waals surface area contributed by atoms with Crippen molar-refractivity contribution in [2.24, 2.45) is 0 Å². The van der Waals surface area contributed by atoms with Gasteiger partial charge in [-0.25, -0.2) is 5.10 Å². The molecule has 0 aliphatic rings. The van der Waals surface area contributed by atoms with E-state index in [9.17, 15) is 4.79 Å². The van der Waals surface area contributed by atoms with E-state index in [-0.39, 0.29) is 11.9 Å². The monoisotopic (exact) mass is 216 g/mol. The van der Waals surface area contributed by atoms with Gasteiger partial charge in [0.05, 0.1) is 0 Å². The van der Waals surface area contributed by atoms with Gasteiger partial charge in [0.1, 0.15) is 0 Å². The lowest BCUT2D eigenvalue weighted by Gasteiger charge is -2.03. The molecule has 0 aliphatic carbocycles. The third kappa shape index (κ3) is 2.08. The van der Waals surface area contributed by atoms with Crippen LogP contribution in [0, 0.1) is 0 Å². The van der Waals surface area contributed by atoms with Crippen LogP contribution in [0.3, 0.4) is 0 Å². The van der Waals surface area contributed by atoms with Gasteiger partial charge in [-0.3, -0.25) is 15.1 Å². The molecule has 0 spiro atoms. The second-order valence-electron chi connectivity index (χ2n) is 2.92. The fourth-order valence-electron chi connectivity index (χ4n) is 1.08. The number of hydrogen-bond donors (Lipinski definition) is 2. The maximum absolute atomic E-state index is 11.7. The van der Waals surface area contributed by atoms with Crippen molar-refractivity contribution >= 4 is 17.4 Å². The minimum atomic E-state index is -0.371. The molecule has 0 radical (unpaired) electrons. The van der Waals surface area contributed by atoms with Crippen LogP contribution in [0.5, 0.6) is 0 Å². The van der Waals surface area contributed by atoms with Crippen LogP contribution in [0.1, 0.15) is 5.56 Å². The van der Waals surface area contributed by atoms with Crippen molar-refractivity contribution in [1.29, 1.82) is 0 Å². The largest absolute Gasteiger partial charge is 0.289 e. The fourth-order valence-corrected chi connectivity index (χ4v) is 1.08. The van der Waals surface area contributed by atoms with Gasteiger partial charge >= 0.3 is 0 Å². The van der Waals surface area contributed by atoms with Crippen LogP contribution < -0.4 is 5.32 Å². The maximum Gasteiger partial charge on any atom is 0.258 e. The minimum absolute atomic E-state index is 0.181. The zero-order chi connectivity index (χ0) is 11.4. The molecule has 2 aromatic rings. The highest BCUT2D eigenvalue weighted by molar-refractivity contribution is 6.24. The highest BCUT2D eigenvalue weighted by Gasteiger charge is 2.10. The molecule has 0 aliphatic heterocycles. The van der Waals surface area contributed by atoms with Crippen molar-refractivity contribution in [2.75, 3.05) is 5.32 Å². The number of aromatic nitrogens is 5. The minimum Gasteiger partial charge on any atom is -0.289 e. The zero-order valence-electron chi connectivity index (χ0n) is 8.21. The van der Waals surface area contributed by atoms with Crippen LogP contribution in [-0.4, -0.2) is 31.5 Å². The number of H-pyrrole nitrogens is 1. The van der Waals surface area contributed by atoms with Gasteiger partial charge in [0.25, 0.3) is 5.91 Å². The quantitative estimate of drug-likeness (QED) is 0.716. The molecule has 16 heavy (non-hydrogen) atoms. The molecule has 0 atom stereocenters. The van der Waals surface area contributed by atoms with E-state index in [0.29, 0.717) is 11.1 Å². The van der Waals surface area contributed by atoms with Crippen LogP contribution in [-0.2, 0) is 4.79 Å². The molecule has 0 unspecified atom stereocenters. The van der Waals surface area contributed by atoms with Crippen LogP contribution in [0.25, 0.3) is 5.57 Å². The van der Waals surface area contributed by atoms with Crippen LogP contribution in [0.4, 0.5) is 5.95 Å². The van der Waals surface area contributed by atoms with Gasteiger partial charge in [-0.1, -0.05) is 11.7 Å². The Labute approximate surface area is 90.6 Å². The number of amides is 1. The second kappa shape index (κ2) is 4.30. The molecule has 0 saturated heterocycles. The SMILES string of the molecule is C=C(C(=O)Nc1nnn[nH]1)c1ccncc1. The number of hydrogen-bond acceptors (Lipinski definition) is 5. The van der Waals surface area contributed by atoms with E-state index >= 15 is 0 Å². The summed E-state index contributed by atoms with van der Waals surface area (Å²) in [5.41, 5.74) is 1.01. The first-order valence-electron chi connectivity index (χ1n) is 4.42. The molecular formula is C9H8N6O. The number of tetrazole rings is 1. The number of carbonyl (C=O) groups is 1. The third-order valence-electron chi connectivity index (χ3n) is 1.88. The summed E-state index contributed by atoms with van der Waals surface area (Å²) in [6.07, 6.45) is 3.17. The predicted octanol–water partition coefficient (Wildman–Crippen LogP) is 0.247. The second-order valence-corrected chi connectivity index (χ2v) is 2.92. The Morgan fingerprint density at radius 3 is 2.75 bits per heavy atom. The molecule has 1 amide bonds. The Bertz CT molecular complexity index is 492. The van der Waals surface area contributed by atoms with E-state index in [2.05, 4.69) is 37.5 Å². The molecule has 7 heteroatoms. The summed E-state index contributed by atoms with van der Waals surface area (Å²) in [6.45, 7) is 3.68. The van der Waals surface area contributed by atoms with Gasteiger partial charge in [-0.05, 0) is 28.1 Å². The first-order chi connectivity index (χ1) is 7.77. The number of carbonyl (C=O) groups excluding carboxylic acids is 1. The number of rotatable bonds is 3. The van der Waals surface area contributed by atoms with Gasteiger partial charge < -0.3 is 0 Å². The lowest BCUT2D eigenvalue weighted by atomic mass is 10.1. The summed E-state index contributed by atoms with van der Waals surface area (Å²) in [5.74, 6) is -0.190. The summed E-state index contributed by atoms with van der Waals surface area (Å²) >= 11 is 0. The maximum atomic E-state index is 11.7. The average Bonchev–Trinajstić information content (AvgIpc) is 2.82. The van der Waals surface area contributed by atoms with Crippen molar-refractivity contribution in [3.63, 3.8) is 0 Å². The Kier molecular flexibility index (Phi) is 2.68. The molecule has 2 heterocycles. The van der Waals surface area contributed by atoms with Crippen LogP contribution >= 0.6 is 0 Å². The van der Waals surface area contributed by atoms with E-state index in [1.54, 1.807) is 24.5 Å². The summed E-state index contributed by atoms with van der Waals surface area (Å²) in [5, 5.41) is 15.1. The van der Waals surface area contributed by atoms with Crippen LogP contribution in [0.15, 0.2) is 31.1 Å².